The van der Waals surface area contributed by atoms with Crippen LogP contribution in [0.4, 0.5) is 5.69 Å². The number of furan rings is 1. The quantitative estimate of drug-likeness (QED) is 0.235. The van der Waals surface area contributed by atoms with Gasteiger partial charge in [-0.1, -0.05) is 12.2 Å². The first-order valence-corrected chi connectivity index (χ1v) is 10.5. The van der Waals surface area contributed by atoms with E-state index in [4.69, 9.17) is 9.15 Å². The predicted molar refractivity (Wildman–Crippen MR) is 112 cm³/mol. The second-order valence-electron chi connectivity index (χ2n) is 8.80. The molecule has 4 unspecified atom stereocenters. The fourth-order valence-electron chi connectivity index (χ4n) is 5.86. The fourth-order valence-corrected chi connectivity index (χ4v) is 5.86. The highest BCUT2D eigenvalue weighted by molar-refractivity contribution is 6.07. The normalized spacial score (nSPS) is 28.8. The van der Waals surface area contributed by atoms with Gasteiger partial charge in [-0.2, -0.15) is 10.1 Å². The van der Waals surface area contributed by atoms with E-state index >= 15 is 0 Å². The number of methoxy groups -OCH3 is 1. The van der Waals surface area contributed by atoms with Gasteiger partial charge in [-0.25, -0.2) is 0 Å². The minimum Gasteiger partial charge on any atom is -0.497 e. The lowest BCUT2D eigenvalue weighted by Gasteiger charge is -2.18. The van der Waals surface area contributed by atoms with Crippen LogP contribution in [0.1, 0.15) is 18.6 Å². The van der Waals surface area contributed by atoms with Crippen LogP contribution in [-0.2, 0) is 9.59 Å². The molecule has 9 heteroatoms. The van der Waals surface area contributed by atoms with Crippen molar-refractivity contribution in [3.63, 3.8) is 0 Å². The van der Waals surface area contributed by atoms with Gasteiger partial charge in [0.2, 0.25) is 0 Å². The van der Waals surface area contributed by atoms with Crippen molar-refractivity contribution >= 4 is 23.7 Å². The molecule has 2 heterocycles. The summed E-state index contributed by atoms with van der Waals surface area (Å²) in [6.45, 7) is 0. The number of fused-ring (bicyclic) bond motifs is 3. The molecular formula is C23H19N3O6. The number of ether oxygens (including phenoxy) is 1. The average Bonchev–Trinajstić information content (AvgIpc) is 3.08. The molecule has 4 atom stereocenters. The number of nitro groups is 1. The Labute approximate surface area is 182 Å². The molecule has 4 aliphatic rings. The molecule has 0 N–H and O–H groups in total. The molecule has 2 aromatic rings. The maximum absolute atomic E-state index is 13.0. The molecule has 3 fully saturated rings. The van der Waals surface area contributed by atoms with Crippen molar-refractivity contribution in [2.24, 2.45) is 34.2 Å². The van der Waals surface area contributed by atoms with E-state index in [0.29, 0.717) is 5.75 Å². The summed E-state index contributed by atoms with van der Waals surface area (Å²) in [5, 5.41) is 16.5. The first-order chi connectivity index (χ1) is 15.4. The molecule has 3 aliphatic carbocycles. The van der Waals surface area contributed by atoms with Crippen molar-refractivity contribution in [1.82, 2.24) is 5.01 Å². The van der Waals surface area contributed by atoms with E-state index in [1.165, 1.54) is 19.4 Å². The lowest BCUT2D eigenvalue weighted by molar-refractivity contribution is -0.384. The number of nitrogens with zero attached hydrogens (tertiary/aromatic N) is 3. The Hall–Kier alpha value is -3.75. The lowest BCUT2D eigenvalue weighted by atomic mass is 9.85. The predicted octanol–water partition coefficient (Wildman–Crippen LogP) is 3.39. The molecule has 9 nitrogen and oxygen atoms in total. The van der Waals surface area contributed by atoms with Crippen LogP contribution in [0.5, 0.6) is 5.75 Å². The summed E-state index contributed by atoms with van der Waals surface area (Å²) in [6.07, 6.45) is 7.69. The van der Waals surface area contributed by atoms with Crippen molar-refractivity contribution in [3.05, 3.63) is 58.4 Å². The summed E-state index contributed by atoms with van der Waals surface area (Å²) in [6, 6.07) is 7.64. The zero-order valence-corrected chi connectivity index (χ0v) is 17.1. The number of imide groups is 1. The van der Waals surface area contributed by atoms with Gasteiger partial charge in [0.25, 0.3) is 17.5 Å². The van der Waals surface area contributed by atoms with Crippen molar-refractivity contribution in [2.75, 3.05) is 7.11 Å². The van der Waals surface area contributed by atoms with Crippen LogP contribution in [0.3, 0.4) is 0 Å². The molecule has 1 aliphatic heterocycles. The van der Waals surface area contributed by atoms with Crippen LogP contribution in [0, 0.1) is 39.2 Å². The molecular weight excluding hydrogens is 414 g/mol. The molecule has 0 radical (unpaired) electrons. The van der Waals surface area contributed by atoms with Crippen LogP contribution in [0.2, 0.25) is 0 Å². The Morgan fingerprint density at radius 1 is 1.16 bits per heavy atom. The summed E-state index contributed by atoms with van der Waals surface area (Å²) in [5.41, 5.74) is 0.270. The first kappa shape index (κ1) is 19.0. The number of rotatable bonds is 5. The van der Waals surface area contributed by atoms with Gasteiger partial charge in [0.15, 0.2) is 0 Å². The standard InChI is InChI=1S/C23H19N3O6/c1-31-12-2-4-14(17(10-12)26(29)30)18-7-3-13(32-18)11-24-25-21(27)19-15-5-6-16(20(19)22(25)28)23(15)8-9-23/h2-7,10-11,15-16,19-20H,8-9H2,1H3. The van der Waals surface area contributed by atoms with E-state index in [9.17, 15) is 19.7 Å². The topological polar surface area (TPSA) is 115 Å². The zero-order valence-electron chi connectivity index (χ0n) is 17.1. The largest absolute Gasteiger partial charge is 0.497 e. The summed E-state index contributed by atoms with van der Waals surface area (Å²) in [7, 11) is 1.43. The second-order valence-corrected chi connectivity index (χ2v) is 8.80. The van der Waals surface area contributed by atoms with Crippen LogP contribution in [0.15, 0.2) is 52.0 Å². The highest BCUT2D eigenvalue weighted by Crippen LogP contribution is 2.73. The van der Waals surface area contributed by atoms with Gasteiger partial charge in [-0.15, -0.1) is 0 Å². The molecule has 1 aromatic carbocycles. The Morgan fingerprint density at radius 3 is 2.44 bits per heavy atom. The minimum absolute atomic E-state index is 0.138. The molecule has 1 aromatic heterocycles. The van der Waals surface area contributed by atoms with Crippen LogP contribution < -0.4 is 4.74 Å². The van der Waals surface area contributed by atoms with Gasteiger partial charge < -0.3 is 9.15 Å². The Morgan fingerprint density at radius 2 is 1.84 bits per heavy atom. The van der Waals surface area contributed by atoms with E-state index in [-0.39, 0.29) is 63.7 Å². The van der Waals surface area contributed by atoms with E-state index in [1.54, 1.807) is 24.3 Å². The Balaban J connectivity index is 1.25. The maximum Gasteiger partial charge on any atom is 0.284 e. The van der Waals surface area contributed by atoms with Crippen molar-refractivity contribution in [3.8, 4) is 17.1 Å². The van der Waals surface area contributed by atoms with E-state index < -0.39 is 4.92 Å². The zero-order chi connectivity index (χ0) is 22.2. The third kappa shape index (κ3) is 2.41. The SMILES string of the molecule is COc1ccc(-c2ccc(C=NN3C(=O)C4C(C3=O)C3C=CC4C34CC4)o2)c([N+](=O)[O-])c1. The van der Waals surface area contributed by atoms with E-state index in [0.717, 1.165) is 17.9 Å². The Kier molecular flexibility index (Phi) is 3.78. The molecule has 1 saturated heterocycles. The number of nitro benzene ring substituents is 1. The van der Waals surface area contributed by atoms with Gasteiger partial charge in [0, 0.05) is 0 Å². The number of allylic oxidation sites excluding steroid dienone is 2. The van der Waals surface area contributed by atoms with Gasteiger partial charge in [0.05, 0.1) is 41.7 Å². The number of hydrazone groups is 1. The summed E-state index contributed by atoms with van der Waals surface area (Å²) in [4.78, 5) is 36.9. The van der Waals surface area contributed by atoms with Crippen LogP contribution in [-0.4, -0.2) is 35.1 Å². The van der Waals surface area contributed by atoms with Gasteiger partial charge in [-0.3, -0.25) is 19.7 Å². The Bertz CT molecular complexity index is 1210. The molecule has 2 bridgehead atoms. The van der Waals surface area contributed by atoms with Gasteiger partial charge >= 0.3 is 0 Å². The molecule has 32 heavy (non-hydrogen) atoms. The first-order valence-electron chi connectivity index (χ1n) is 10.5. The number of hydrogen-bond donors (Lipinski definition) is 0. The van der Waals surface area contributed by atoms with Gasteiger partial charge in [-0.05, 0) is 54.4 Å². The smallest absolute Gasteiger partial charge is 0.284 e. The molecule has 2 amide bonds. The van der Waals surface area contributed by atoms with E-state index in [2.05, 4.69) is 17.3 Å². The van der Waals surface area contributed by atoms with Crippen molar-refractivity contribution in [1.29, 1.82) is 0 Å². The molecule has 2 saturated carbocycles. The highest BCUT2D eigenvalue weighted by atomic mass is 16.6. The van der Waals surface area contributed by atoms with E-state index in [1.807, 2.05) is 0 Å². The number of benzene rings is 1. The molecule has 1 spiro atoms. The summed E-state index contributed by atoms with van der Waals surface area (Å²) < 4.78 is 10.8. The third-order valence-electron chi connectivity index (χ3n) is 7.42. The van der Waals surface area contributed by atoms with Crippen LogP contribution >= 0.6 is 0 Å². The third-order valence-corrected chi connectivity index (χ3v) is 7.42. The molecule has 162 valence electrons. The van der Waals surface area contributed by atoms with Crippen LogP contribution in [0.25, 0.3) is 11.3 Å². The summed E-state index contributed by atoms with van der Waals surface area (Å²) >= 11 is 0. The minimum atomic E-state index is -0.510. The summed E-state index contributed by atoms with van der Waals surface area (Å²) in [5.74, 6) is 0.0606. The number of carbonyl (C=O) groups excluding carboxylic acids is 2. The highest BCUT2D eigenvalue weighted by Gasteiger charge is 2.73. The molecule has 6 rings (SSSR count). The number of hydrogen-bond acceptors (Lipinski definition) is 7. The maximum atomic E-state index is 13.0. The average molecular weight is 433 g/mol. The van der Waals surface area contributed by atoms with Gasteiger partial charge in [0.1, 0.15) is 17.3 Å². The monoisotopic (exact) mass is 433 g/mol. The number of amides is 2. The second kappa shape index (κ2) is 6.38. The lowest BCUT2D eigenvalue weighted by Crippen LogP contribution is -2.30. The van der Waals surface area contributed by atoms with Crippen molar-refractivity contribution in [2.45, 2.75) is 12.8 Å². The number of carbonyl (C=O) groups is 2. The van der Waals surface area contributed by atoms with Crippen molar-refractivity contribution < 1.29 is 23.7 Å². The fraction of sp³-hybridized carbons (Fsp3) is 0.348.